The SMILES string of the molecule is CCC(C)(CCO)NC(=O)C1CC(=O)N(C(C)C)C1. The third-order valence-electron chi connectivity index (χ3n) is 4.02. The predicted octanol–water partition coefficient (Wildman–Crippen LogP) is 0.911. The first-order valence-electron chi connectivity index (χ1n) is 7.05. The van der Waals surface area contributed by atoms with Crippen LogP contribution in [0.4, 0.5) is 0 Å². The second-order valence-corrected chi connectivity index (χ2v) is 5.92. The Labute approximate surface area is 115 Å². The highest BCUT2D eigenvalue weighted by Crippen LogP contribution is 2.22. The summed E-state index contributed by atoms with van der Waals surface area (Å²) in [5, 5.41) is 12.0. The maximum Gasteiger partial charge on any atom is 0.225 e. The minimum absolute atomic E-state index is 0.0480. The molecule has 1 aliphatic heterocycles. The number of hydrogen-bond donors (Lipinski definition) is 2. The molecule has 0 aliphatic carbocycles. The number of rotatable bonds is 6. The quantitative estimate of drug-likeness (QED) is 0.754. The third-order valence-corrected chi connectivity index (χ3v) is 4.02. The second-order valence-electron chi connectivity index (χ2n) is 5.92. The van der Waals surface area contributed by atoms with Gasteiger partial charge in [-0.1, -0.05) is 6.92 Å². The molecule has 0 radical (unpaired) electrons. The Morgan fingerprint density at radius 3 is 2.63 bits per heavy atom. The molecule has 1 saturated heterocycles. The van der Waals surface area contributed by atoms with Crippen LogP contribution in [0.2, 0.25) is 0 Å². The van der Waals surface area contributed by atoms with E-state index < -0.39 is 0 Å². The summed E-state index contributed by atoms with van der Waals surface area (Å²) < 4.78 is 0. The van der Waals surface area contributed by atoms with Crippen LogP contribution in [-0.2, 0) is 9.59 Å². The first-order valence-corrected chi connectivity index (χ1v) is 7.05. The Morgan fingerprint density at radius 2 is 2.21 bits per heavy atom. The molecular weight excluding hydrogens is 244 g/mol. The van der Waals surface area contributed by atoms with Crippen molar-refractivity contribution in [3.8, 4) is 0 Å². The van der Waals surface area contributed by atoms with Crippen molar-refractivity contribution < 1.29 is 14.7 Å². The third kappa shape index (κ3) is 3.93. The van der Waals surface area contributed by atoms with Crippen molar-refractivity contribution in [2.75, 3.05) is 13.2 Å². The lowest BCUT2D eigenvalue weighted by Crippen LogP contribution is -2.49. The standard InChI is InChI=1S/C14H26N2O3/c1-5-14(4,6-7-17)15-13(19)11-8-12(18)16(9-11)10(2)3/h10-11,17H,5-9H2,1-4H3,(H,15,19). The summed E-state index contributed by atoms with van der Waals surface area (Å²) in [5.41, 5.74) is -0.389. The van der Waals surface area contributed by atoms with Crippen LogP contribution in [0.3, 0.4) is 0 Å². The molecule has 2 amide bonds. The van der Waals surface area contributed by atoms with Gasteiger partial charge in [-0.25, -0.2) is 0 Å². The first kappa shape index (κ1) is 16.0. The highest BCUT2D eigenvalue weighted by Gasteiger charge is 2.37. The number of aliphatic hydroxyl groups excluding tert-OH is 1. The number of hydrogen-bond acceptors (Lipinski definition) is 3. The molecule has 5 heteroatoms. The fraction of sp³-hybridized carbons (Fsp3) is 0.857. The zero-order valence-corrected chi connectivity index (χ0v) is 12.4. The van der Waals surface area contributed by atoms with Crippen LogP contribution in [-0.4, -0.2) is 46.6 Å². The molecule has 1 heterocycles. The molecule has 1 fully saturated rings. The van der Waals surface area contributed by atoms with Crippen LogP contribution >= 0.6 is 0 Å². The maximum atomic E-state index is 12.2. The molecule has 0 saturated carbocycles. The minimum atomic E-state index is -0.389. The molecule has 2 unspecified atom stereocenters. The smallest absolute Gasteiger partial charge is 0.225 e. The lowest BCUT2D eigenvalue weighted by molar-refractivity contribution is -0.130. The first-order chi connectivity index (χ1) is 8.83. The molecule has 0 bridgehead atoms. The fourth-order valence-corrected chi connectivity index (χ4v) is 2.38. The van der Waals surface area contributed by atoms with E-state index in [9.17, 15) is 9.59 Å². The van der Waals surface area contributed by atoms with Gasteiger partial charge in [0.05, 0.1) is 5.92 Å². The number of nitrogens with one attached hydrogen (secondary N) is 1. The lowest BCUT2D eigenvalue weighted by Gasteiger charge is -2.30. The number of amides is 2. The molecule has 19 heavy (non-hydrogen) atoms. The van der Waals surface area contributed by atoms with E-state index in [0.717, 1.165) is 6.42 Å². The van der Waals surface area contributed by atoms with Gasteiger partial charge in [0.25, 0.3) is 0 Å². The fourth-order valence-electron chi connectivity index (χ4n) is 2.38. The zero-order chi connectivity index (χ0) is 14.6. The Balaban J connectivity index is 2.62. The summed E-state index contributed by atoms with van der Waals surface area (Å²) in [6.07, 6.45) is 1.58. The van der Waals surface area contributed by atoms with Crippen molar-refractivity contribution in [3.05, 3.63) is 0 Å². The highest BCUT2D eigenvalue weighted by molar-refractivity contribution is 5.89. The Kier molecular flexibility index (Phi) is 5.35. The van der Waals surface area contributed by atoms with E-state index in [1.165, 1.54) is 0 Å². The molecular formula is C14H26N2O3. The lowest BCUT2D eigenvalue weighted by atomic mass is 9.93. The van der Waals surface area contributed by atoms with Gasteiger partial charge >= 0.3 is 0 Å². The van der Waals surface area contributed by atoms with E-state index >= 15 is 0 Å². The molecule has 1 rings (SSSR count). The molecule has 0 aromatic carbocycles. The van der Waals surface area contributed by atoms with Gasteiger partial charge in [-0.15, -0.1) is 0 Å². The normalized spacial score (nSPS) is 22.7. The number of aliphatic hydroxyl groups is 1. The summed E-state index contributed by atoms with van der Waals surface area (Å²) in [6.45, 7) is 8.38. The van der Waals surface area contributed by atoms with Gasteiger partial charge in [0.15, 0.2) is 0 Å². The zero-order valence-electron chi connectivity index (χ0n) is 12.4. The van der Waals surface area contributed by atoms with Gasteiger partial charge in [0.1, 0.15) is 0 Å². The number of carbonyl (C=O) groups is 2. The molecule has 0 aromatic heterocycles. The van der Waals surface area contributed by atoms with E-state index in [4.69, 9.17) is 5.11 Å². The Bertz CT molecular complexity index is 344. The topological polar surface area (TPSA) is 69.6 Å². The maximum absolute atomic E-state index is 12.2. The number of likely N-dealkylation sites (tertiary alicyclic amines) is 1. The van der Waals surface area contributed by atoms with Crippen LogP contribution in [0.25, 0.3) is 0 Å². The summed E-state index contributed by atoms with van der Waals surface area (Å²) in [6, 6.07) is 0.139. The molecule has 0 spiro atoms. The van der Waals surface area contributed by atoms with Crippen molar-refractivity contribution in [2.45, 2.75) is 58.5 Å². The number of nitrogens with zero attached hydrogens (tertiary/aromatic N) is 1. The molecule has 110 valence electrons. The summed E-state index contributed by atoms with van der Waals surface area (Å²) in [4.78, 5) is 25.8. The van der Waals surface area contributed by atoms with Crippen molar-refractivity contribution in [2.24, 2.45) is 5.92 Å². The Morgan fingerprint density at radius 1 is 1.58 bits per heavy atom. The van der Waals surface area contributed by atoms with Gasteiger partial charge < -0.3 is 15.3 Å². The van der Waals surface area contributed by atoms with E-state index in [1.54, 1.807) is 4.90 Å². The van der Waals surface area contributed by atoms with Crippen LogP contribution in [0.1, 0.15) is 47.0 Å². The van der Waals surface area contributed by atoms with Gasteiger partial charge in [-0.05, 0) is 33.6 Å². The van der Waals surface area contributed by atoms with E-state index in [1.807, 2.05) is 27.7 Å². The molecule has 0 aromatic rings. The van der Waals surface area contributed by atoms with Crippen LogP contribution < -0.4 is 5.32 Å². The van der Waals surface area contributed by atoms with Crippen molar-refractivity contribution in [3.63, 3.8) is 0 Å². The van der Waals surface area contributed by atoms with Crippen LogP contribution in [0.5, 0.6) is 0 Å². The van der Waals surface area contributed by atoms with Gasteiger partial charge in [0, 0.05) is 31.2 Å². The summed E-state index contributed by atoms with van der Waals surface area (Å²) in [7, 11) is 0. The van der Waals surface area contributed by atoms with Gasteiger partial charge in [-0.3, -0.25) is 9.59 Å². The van der Waals surface area contributed by atoms with Crippen molar-refractivity contribution >= 4 is 11.8 Å². The van der Waals surface area contributed by atoms with Crippen molar-refractivity contribution in [1.29, 1.82) is 0 Å². The summed E-state index contributed by atoms with van der Waals surface area (Å²) in [5.74, 6) is -0.288. The minimum Gasteiger partial charge on any atom is -0.396 e. The monoisotopic (exact) mass is 270 g/mol. The average Bonchev–Trinajstić information content (AvgIpc) is 2.72. The average molecular weight is 270 g/mol. The van der Waals surface area contributed by atoms with Crippen LogP contribution in [0, 0.1) is 5.92 Å². The summed E-state index contributed by atoms with van der Waals surface area (Å²) >= 11 is 0. The van der Waals surface area contributed by atoms with Crippen LogP contribution in [0.15, 0.2) is 0 Å². The predicted molar refractivity (Wildman–Crippen MR) is 73.5 cm³/mol. The molecule has 5 nitrogen and oxygen atoms in total. The second kappa shape index (κ2) is 6.37. The number of carbonyl (C=O) groups excluding carboxylic acids is 2. The van der Waals surface area contributed by atoms with E-state index in [0.29, 0.717) is 19.4 Å². The van der Waals surface area contributed by atoms with E-state index in [2.05, 4.69) is 5.32 Å². The van der Waals surface area contributed by atoms with Gasteiger partial charge in [-0.2, -0.15) is 0 Å². The molecule has 1 aliphatic rings. The Hall–Kier alpha value is -1.10. The molecule has 2 atom stereocenters. The largest absolute Gasteiger partial charge is 0.396 e. The van der Waals surface area contributed by atoms with E-state index in [-0.39, 0.29) is 35.9 Å². The van der Waals surface area contributed by atoms with Crippen molar-refractivity contribution in [1.82, 2.24) is 10.2 Å². The molecule has 2 N–H and O–H groups in total. The highest BCUT2D eigenvalue weighted by atomic mass is 16.3. The van der Waals surface area contributed by atoms with Gasteiger partial charge in [0.2, 0.25) is 11.8 Å².